The van der Waals surface area contributed by atoms with E-state index >= 15 is 0 Å². The van der Waals surface area contributed by atoms with E-state index in [1.54, 1.807) is 6.08 Å². The van der Waals surface area contributed by atoms with E-state index in [0.717, 1.165) is 6.42 Å². The van der Waals surface area contributed by atoms with Gasteiger partial charge in [-0.25, -0.2) is 0 Å². The lowest BCUT2D eigenvalue weighted by atomic mass is 10.1. The van der Waals surface area contributed by atoms with Gasteiger partial charge in [-0.15, -0.1) is 0 Å². The highest BCUT2D eigenvalue weighted by Crippen LogP contribution is 2.13. The predicted molar refractivity (Wildman–Crippen MR) is 41.5 cm³/mol. The molecule has 2 N–H and O–H groups in total. The van der Waals surface area contributed by atoms with Crippen LogP contribution in [0.25, 0.3) is 0 Å². The molecular formula is C8H16O2. The van der Waals surface area contributed by atoms with Crippen LogP contribution in [0.1, 0.15) is 33.1 Å². The number of rotatable bonds is 4. The molecule has 0 radical (unpaired) electrons. The summed E-state index contributed by atoms with van der Waals surface area (Å²) in [7, 11) is 0. The minimum absolute atomic E-state index is 0.331. The van der Waals surface area contributed by atoms with Crippen molar-refractivity contribution >= 4 is 0 Å². The third-order valence-electron chi connectivity index (χ3n) is 1.33. The Hall–Kier alpha value is -0.340. The number of hydrogen-bond donors (Lipinski definition) is 2. The molecule has 0 bridgehead atoms. The van der Waals surface area contributed by atoms with Crippen LogP contribution < -0.4 is 0 Å². The molecule has 0 rings (SSSR count). The lowest BCUT2D eigenvalue weighted by Gasteiger charge is -2.18. The van der Waals surface area contributed by atoms with Crippen molar-refractivity contribution in [3.05, 3.63) is 12.2 Å². The lowest BCUT2D eigenvalue weighted by molar-refractivity contribution is -0.162. The number of allylic oxidation sites excluding steroid dienone is 1. The summed E-state index contributed by atoms with van der Waals surface area (Å²) in [5.74, 6) is -1.48. The standard InChI is InChI=1S/C8H16O2/c1-3-5-7-8(9,10)6-4-2/h3,5,9-10H,4,6-7H2,1-2H3. The minimum atomic E-state index is -1.48. The highest BCUT2D eigenvalue weighted by Gasteiger charge is 2.18. The highest BCUT2D eigenvalue weighted by molar-refractivity contribution is 4.83. The molecule has 0 saturated heterocycles. The topological polar surface area (TPSA) is 40.5 Å². The maximum Gasteiger partial charge on any atom is 0.165 e. The molecule has 0 amide bonds. The zero-order chi connectivity index (χ0) is 8.04. The van der Waals surface area contributed by atoms with Gasteiger partial charge in [0.1, 0.15) is 0 Å². The molecule has 60 valence electrons. The van der Waals surface area contributed by atoms with Crippen LogP contribution in [-0.2, 0) is 0 Å². The zero-order valence-corrected chi connectivity index (χ0v) is 6.67. The summed E-state index contributed by atoms with van der Waals surface area (Å²) in [6.07, 6.45) is 5.14. The first kappa shape index (κ1) is 9.66. The van der Waals surface area contributed by atoms with E-state index in [1.165, 1.54) is 0 Å². The molecule has 0 fully saturated rings. The van der Waals surface area contributed by atoms with Gasteiger partial charge in [-0.05, 0) is 6.92 Å². The Morgan fingerprint density at radius 2 is 2.00 bits per heavy atom. The summed E-state index contributed by atoms with van der Waals surface area (Å²) in [6.45, 7) is 3.79. The van der Waals surface area contributed by atoms with Gasteiger partial charge in [0.15, 0.2) is 5.79 Å². The van der Waals surface area contributed by atoms with Crippen molar-refractivity contribution in [1.29, 1.82) is 0 Å². The predicted octanol–water partition coefficient (Wildman–Crippen LogP) is 1.43. The van der Waals surface area contributed by atoms with Gasteiger partial charge in [0.05, 0.1) is 0 Å². The van der Waals surface area contributed by atoms with E-state index in [9.17, 15) is 0 Å². The highest BCUT2D eigenvalue weighted by atomic mass is 16.5. The Kier molecular flexibility index (Phi) is 4.32. The average molecular weight is 144 g/mol. The van der Waals surface area contributed by atoms with Crippen LogP contribution in [0.4, 0.5) is 0 Å². The maximum absolute atomic E-state index is 9.15. The summed E-state index contributed by atoms with van der Waals surface area (Å²) >= 11 is 0. The average Bonchev–Trinajstić information content (AvgIpc) is 1.84. The van der Waals surface area contributed by atoms with Crippen LogP contribution in [0.3, 0.4) is 0 Å². The maximum atomic E-state index is 9.15. The quantitative estimate of drug-likeness (QED) is 0.463. The van der Waals surface area contributed by atoms with E-state index in [1.807, 2.05) is 19.9 Å². The van der Waals surface area contributed by atoms with Gasteiger partial charge in [-0.3, -0.25) is 0 Å². The third-order valence-corrected chi connectivity index (χ3v) is 1.33. The molecule has 0 aliphatic rings. The summed E-state index contributed by atoms with van der Waals surface area (Å²) < 4.78 is 0. The second-order valence-electron chi connectivity index (χ2n) is 2.51. The Labute approximate surface area is 62.2 Å². The van der Waals surface area contributed by atoms with Crippen molar-refractivity contribution in [2.24, 2.45) is 0 Å². The Morgan fingerprint density at radius 1 is 1.40 bits per heavy atom. The molecule has 0 saturated carbocycles. The van der Waals surface area contributed by atoms with Crippen molar-refractivity contribution < 1.29 is 10.2 Å². The molecule has 0 spiro atoms. The Bertz CT molecular complexity index is 106. The normalized spacial score (nSPS) is 12.8. The fraction of sp³-hybridized carbons (Fsp3) is 0.750. The molecule has 2 nitrogen and oxygen atoms in total. The van der Waals surface area contributed by atoms with Gasteiger partial charge in [-0.2, -0.15) is 0 Å². The van der Waals surface area contributed by atoms with Gasteiger partial charge in [0, 0.05) is 12.8 Å². The van der Waals surface area contributed by atoms with E-state index in [2.05, 4.69) is 0 Å². The molecular weight excluding hydrogens is 128 g/mol. The van der Waals surface area contributed by atoms with Crippen LogP contribution in [0.2, 0.25) is 0 Å². The molecule has 0 heterocycles. The second-order valence-corrected chi connectivity index (χ2v) is 2.51. The third kappa shape index (κ3) is 4.53. The fourth-order valence-corrected chi connectivity index (χ4v) is 0.809. The van der Waals surface area contributed by atoms with Gasteiger partial charge in [0.2, 0.25) is 0 Å². The van der Waals surface area contributed by atoms with Crippen LogP contribution in [0.15, 0.2) is 12.2 Å². The van der Waals surface area contributed by atoms with Crippen molar-refractivity contribution in [3.8, 4) is 0 Å². The first-order valence-electron chi connectivity index (χ1n) is 3.68. The summed E-state index contributed by atoms with van der Waals surface area (Å²) in [5, 5.41) is 18.3. The summed E-state index contributed by atoms with van der Waals surface area (Å²) in [6, 6.07) is 0. The first-order valence-corrected chi connectivity index (χ1v) is 3.68. The zero-order valence-electron chi connectivity index (χ0n) is 6.67. The molecule has 0 unspecified atom stereocenters. The molecule has 0 aliphatic heterocycles. The Balaban J connectivity index is 3.62. The molecule has 0 aromatic carbocycles. The SMILES string of the molecule is CC=CCC(O)(O)CCC. The number of aliphatic hydroxyl groups is 2. The van der Waals surface area contributed by atoms with Gasteiger partial charge < -0.3 is 10.2 Å². The lowest BCUT2D eigenvalue weighted by Crippen LogP contribution is -2.26. The molecule has 0 aromatic rings. The van der Waals surface area contributed by atoms with Gasteiger partial charge in [0.25, 0.3) is 0 Å². The molecule has 10 heavy (non-hydrogen) atoms. The smallest absolute Gasteiger partial charge is 0.165 e. The molecule has 0 aromatic heterocycles. The largest absolute Gasteiger partial charge is 0.365 e. The second kappa shape index (κ2) is 4.47. The number of hydrogen-bond acceptors (Lipinski definition) is 2. The fourth-order valence-electron chi connectivity index (χ4n) is 0.809. The van der Waals surface area contributed by atoms with E-state index in [0.29, 0.717) is 12.8 Å². The first-order chi connectivity index (χ1) is 4.62. The van der Waals surface area contributed by atoms with Gasteiger partial charge >= 0.3 is 0 Å². The summed E-state index contributed by atoms with van der Waals surface area (Å²) in [4.78, 5) is 0. The Morgan fingerprint density at radius 3 is 2.40 bits per heavy atom. The van der Waals surface area contributed by atoms with Crippen LogP contribution in [0, 0.1) is 0 Å². The van der Waals surface area contributed by atoms with E-state index in [-0.39, 0.29) is 0 Å². The monoisotopic (exact) mass is 144 g/mol. The van der Waals surface area contributed by atoms with Crippen molar-refractivity contribution in [1.82, 2.24) is 0 Å². The summed E-state index contributed by atoms with van der Waals surface area (Å²) in [5.41, 5.74) is 0. The van der Waals surface area contributed by atoms with Crippen LogP contribution in [-0.4, -0.2) is 16.0 Å². The van der Waals surface area contributed by atoms with Crippen molar-refractivity contribution in [3.63, 3.8) is 0 Å². The molecule has 2 heteroatoms. The van der Waals surface area contributed by atoms with Crippen molar-refractivity contribution in [2.75, 3.05) is 0 Å². The molecule has 0 atom stereocenters. The van der Waals surface area contributed by atoms with Crippen LogP contribution in [0.5, 0.6) is 0 Å². The van der Waals surface area contributed by atoms with Gasteiger partial charge in [-0.1, -0.05) is 25.5 Å². The van der Waals surface area contributed by atoms with Crippen molar-refractivity contribution in [2.45, 2.75) is 38.9 Å². The minimum Gasteiger partial charge on any atom is -0.365 e. The van der Waals surface area contributed by atoms with E-state index in [4.69, 9.17) is 10.2 Å². The van der Waals surface area contributed by atoms with E-state index < -0.39 is 5.79 Å². The molecule has 0 aliphatic carbocycles. The van der Waals surface area contributed by atoms with Crippen LogP contribution >= 0.6 is 0 Å².